The number of hydrogen-bond acceptors (Lipinski definition) is 2. The zero-order valence-electron chi connectivity index (χ0n) is 11.8. The van der Waals surface area contributed by atoms with E-state index in [4.69, 9.17) is 5.73 Å². The first-order valence-electron chi connectivity index (χ1n) is 8.34. The van der Waals surface area contributed by atoms with Crippen LogP contribution >= 0.6 is 0 Å². The van der Waals surface area contributed by atoms with Crippen molar-refractivity contribution in [3.63, 3.8) is 0 Å². The molecule has 2 aliphatic carbocycles. The Morgan fingerprint density at radius 1 is 0.833 bits per heavy atom. The zero-order chi connectivity index (χ0) is 12.4. The second-order valence-electron chi connectivity index (χ2n) is 6.96. The molecule has 104 valence electrons. The summed E-state index contributed by atoms with van der Waals surface area (Å²) < 4.78 is 0. The van der Waals surface area contributed by atoms with Gasteiger partial charge in [0.2, 0.25) is 0 Å². The smallest absolute Gasteiger partial charge is 0.0124 e. The molecule has 2 saturated carbocycles. The minimum absolute atomic E-state index is 0.482. The van der Waals surface area contributed by atoms with Crippen molar-refractivity contribution in [3.8, 4) is 0 Å². The van der Waals surface area contributed by atoms with Crippen molar-refractivity contribution in [1.29, 1.82) is 0 Å². The number of nitrogens with zero attached hydrogens (tertiary/aromatic N) is 1. The standard InChI is InChI=1S/C16H30N2/c17-15-8-3-1-2-7-14(15)12-18-11-10-13-6-4-5-9-16(13)18/h13-16H,1-12,17H2. The predicted molar refractivity (Wildman–Crippen MR) is 76.5 cm³/mol. The molecule has 4 unspecified atom stereocenters. The van der Waals surface area contributed by atoms with Crippen LogP contribution in [0.2, 0.25) is 0 Å². The molecule has 3 rings (SSSR count). The van der Waals surface area contributed by atoms with Crippen molar-refractivity contribution in [3.05, 3.63) is 0 Å². The van der Waals surface area contributed by atoms with Gasteiger partial charge < -0.3 is 5.73 Å². The van der Waals surface area contributed by atoms with Crippen LogP contribution in [-0.2, 0) is 0 Å². The van der Waals surface area contributed by atoms with Gasteiger partial charge in [-0.2, -0.15) is 0 Å². The van der Waals surface area contributed by atoms with Crippen LogP contribution < -0.4 is 5.73 Å². The summed E-state index contributed by atoms with van der Waals surface area (Å²) in [6.07, 6.45) is 14.2. The monoisotopic (exact) mass is 250 g/mol. The Kier molecular flexibility index (Phi) is 4.25. The van der Waals surface area contributed by atoms with Gasteiger partial charge in [-0.15, -0.1) is 0 Å². The van der Waals surface area contributed by atoms with Crippen LogP contribution in [0.25, 0.3) is 0 Å². The number of nitrogens with two attached hydrogens (primary N) is 1. The van der Waals surface area contributed by atoms with Crippen molar-refractivity contribution in [2.45, 2.75) is 76.3 Å². The van der Waals surface area contributed by atoms with Gasteiger partial charge in [0, 0.05) is 18.6 Å². The van der Waals surface area contributed by atoms with Crippen LogP contribution in [0.1, 0.15) is 64.2 Å². The van der Waals surface area contributed by atoms with E-state index >= 15 is 0 Å². The molecular weight excluding hydrogens is 220 g/mol. The van der Waals surface area contributed by atoms with Gasteiger partial charge in [0.25, 0.3) is 0 Å². The van der Waals surface area contributed by atoms with Crippen LogP contribution in [-0.4, -0.2) is 30.1 Å². The van der Waals surface area contributed by atoms with Gasteiger partial charge in [-0.25, -0.2) is 0 Å². The highest BCUT2D eigenvalue weighted by Crippen LogP contribution is 2.37. The largest absolute Gasteiger partial charge is 0.327 e. The van der Waals surface area contributed by atoms with Crippen LogP contribution in [0.3, 0.4) is 0 Å². The molecule has 18 heavy (non-hydrogen) atoms. The maximum Gasteiger partial charge on any atom is 0.0124 e. The summed E-state index contributed by atoms with van der Waals surface area (Å²) in [5, 5.41) is 0. The van der Waals surface area contributed by atoms with Crippen LogP contribution in [0.15, 0.2) is 0 Å². The summed E-state index contributed by atoms with van der Waals surface area (Å²) in [7, 11) is 0. The Bertz CT molecular complexity index is 266. The molecular formula is C16H30N2. The lowest BCUT2D eigenvalue weighted by Gasteiger charge is -2.35. The van der Waals surface area contributed by atoms with E-state index in [2.05, 4.69) is 4.90 Å². The quantitative estimate of drug-likeness (QED) is 0.763. The summed E-state index contributed by atoms with van der Waals surface area (Å²) in [5.74, 6) is 1.81. The lowest BCUT2D eigenvalue weighted by atomic mass is 9.85. The van der Waals surface area contributed by atoms with Gasteiger partial charge in [0.15, 0.2) is 0 Å². The first-order valence-corrected chi connectivity index (χ1v) is 8.34. The van der Waals surface area contributed by atoms with Gasteiger partial charge in [0.1, 0.15) is 0 Å². The van der Waals surface area contributed by atoms with Crippen molar-refractivity contribution >= 4 is 0 Å². The summed E-state index contributed by atoms with van der Waals surface area (Å²) in [5.41, 5.74) is 6.40. The van der Waals surface area contributed by atoms with Gasteiger partial charge in [-0.1, -0.05) is 32.1 Å². The van der Waals surface area contributed by atoms with Gasteiger partial charge in [-0.05, 0) is 50.5 Å². The number of fused-ring (bicyclic) bond motifs is 1. The van der Waals surface area contributed by atoms with E-state index in [1.807, 2.05) is 0 Å². The Hall–Kier alpha value is -0.0800. The molecule has 0 aromatic rings. The molecule has 3 fully saturated rings. The van der Waals surface area contributed by atoms with Crippen molar-refractivity contribution in [1.82, 2.24) is 4.90 Å². The second-order valence-corrected chi connectivity index (χ2v) is 6.96. The zero-order valence-corrected chi connectivity index (χ0v) is 11.8. The first-order chi connectivity index (χ1) is 8.84. The van der Waals surface area contributed by atoms with Gasteiger partial charge in [-0.3, -0.25) is 4.90 Å². The molecule has 0 amide bonds. The average molecular weight is 250 g/mol. The molecule has 1 saturated heterocycles. The maximum atomic E-state index is 6.40. The normalized spacial score (nSPS) is 42.5. The molecule has 1 heterocycles. The van der Waals surface area contributed by atoms with E-state index in [-0.39, 0.29) is 0 Å². The third-order valence-electron chi connectivity index (χ3n) is 5.81. The minimum atomic E-state index is 0.482. The molecule has 0 bridgehead atoms. The minimum Gasteiger partial charge on any atom is -0.327 e. The van der Waals surface area contributed by atoms with E-state index in [0.29, 0.717) is 6.04 Å². The molecule has 0 aromatic heterocycles. The lowest BCUT2D eigenvalue weighted by Crippen LogP contribution is -2.42. The SMILES string of the molecule is NC1CCCCCC1CN1CCC2CCCCC21. The van der Waals surface area contributed by atoms with Crippen molar-refractivity contribution in [2.75, 3.05) is 13.1 Å². The number of hydrogen-bond donors (Lipinski definition) is 1. The Labute approximate surface area is 112 Å². The third-order valence-corrected chi connectivity index (χ3v) is 5.81. The summed E-state index contributed by atoms with van der Waals surface area (Å²) >= 11 is 0. The summed E-state index contributed by atoms with van der Waals surface area (Å²) in [6.45, 7) is 2.67. The van der Waals surface area contributed by atoms with Crippen molar-refractivity contribution < 1.29 is 0 Å². The average Bonchev–Trinajstić information content (AvgIpc) is 2.69. The Morgan fingerprint density at radius 3 is 2.56 bits per heavy atom. The fraction of sp³-hybridized carbons (Fsp3) is 1.00. The fourth-order valence-corrected chi connectivity index (χ4v) is 4.67. The molecule has 1 aliphatic heterocycles. The van der Waals surface area contributed by atoms with E-state index in [9.17, 15) is 0 Å². The highest BCUT2D eigenvalue weighted by molar-refractivity contribution is 4.91. The molecule has 0 aromatic carbocycles. The van der Waals surface area contributed by atoms with E-state index in [1.165, 1.54) is 77.3 Å². The highest BCUT2D eigenvalue weighted by atomic mass is 15.2. The summed E-state index contributed by atoms with van der Waals surface area (Å²) in [4.78, 5) is 2.82. The van der Waals surface area contributed by atoms with E-state index < -0.39 is 0 Å². The first kappa shape index (κ1) is 12.9. The molecule has 2 heteroatoms. The molecule has 0 radical (unpaired) electrons. The van der Waals surface area contributed by atoms with E-state index in [1.54, 1.807) is 0 Å². The molecule has 2 nitrogen and oxygen atoms in total. The molecule has 0 spiro atoms. The Morgan fingerprint density at radius 2 is 1.61 bits per heavy atom. The van der Waals surface area contributed by atoms with Gasteiger partial charge >= 0.3 is 0 Å². The lowest BCUT2D eigenvalue weighted by molar-refractivity contribution is 0.148. The van der Waals surface area contributed by atoms with E-state index in [0.717, 1.165) is 17.9 Å². The second kappa shape index (κ2) is 5.92. The number of rotatable bonds is 2. The van der Waals surface area contributed by atoms with Gasteiger partial charge in [0.05, 0.1) is 0 Å². The van der Waals surface area contributed by atoms with Crippen LogP contribution in [0.4, 0.5) is 0 Å². The predicted octanol–water partition coefficient (Wildman–Crippen LogP) is 3.16. The highest BCUT2D eigenvalue weighted by Gasteiger charge is 2.37. The summed E-state index contributed by atoms with van der Waals surface area (Å²) in [6, 6.07) is 1.41. The van der Waals surface area contributed by atoms with Crippen molar-refractivity contribution in [2.24, 2.45) is 17.6 Å². The maximum absolute atomic E-state index is 6.40. The molecule has 4 atom stereocenters. The van der Waals surface area contributed by atoms with Crippen LogP contribution in [0.5, 0.6) is 0 Å². The fourth-order valence-electron chi connectivity index (χ4n) is 4.67. The number of likely N-dealkylation sites (tertiary alicyclic amines) is 1. The Balaban J connectivity index is 1.58. The third kappa shape index (κ3) is 2.75. The topological polar surface area (TPSA) is 29.3 Å². The van der Waals surface area contributed by atoms with Crippen LogP contribution in [0, 0.1) is 11.8 Å². The molecule has 2 N–H and O–H groups in total. The molecule has 3 aliphatic rings.